The van der Waals surface area contributed by atoms with Crippen LogP contribution in [0.5, 0.6) is 0 Å². The second kappa shape index (κ2) is 5.27. The second-order valence-electron chi connectivity index (χ2n) is 5.50. The average Bonchev–Trinajstić information content (AvgIpc) is 2.74. The van der Waals surface area contributed by atoms with Gasteiger partial charge in [-0.15, -0.1) is 11.3 Å². The fourth-order valence-electron chi connectivity index (χ4n) is 1.45. The number of hydrogen-bond acceptors (Lipinski definition) is 5. The van der Waals surface area contributed by atoms with Crippen molar-refractivity contribution in [2.75, 3.05) is 10.5 Å². The van der Waals surface area contributed by atoms with Crippen molar-refractivity contribution < 1.29 is 12.8 Å². The van der Waals surface area contributed by atoms with Gasteiger partial charge in [0.1, 0.15) is 5.82 Å². The Kier molecular flexibility index (Phi) is 3.94. The molecule has 0 fully saturated rings. The molecule has 21 heavy (non-hydrogen) atoms. The highest BCUT2D eigenvalue weighted by Crippen LogP contribution is 2.29. The molecular formula is C13H16FN3O2S2. The summed E-state index contributed by atoms with van der Waals surface area (Å²) >= 11 is 1.10. The van der Waals surface area contributed by atoms with Gasteiger partial charge in [-0.1, -0.05) is 0 Å². The number of rotatable bonds is 3. The van der Waals surface area contributed by atoms with E-state index in [0.29, 0.717) is 11.4 Å². The van der Waals surface area contributed by atoms with E-state index in [1.165, 1.54) is 12.1 Å². The SMILES string of the molecule is CC(C)(C)S(=O)(=O)Nc1nc(-c2ccc(N)cc2F)cs1. The van der Waals surface area contributed by atoms with Gasteiger partial charge in [0.15, 0.2) is 5.13 Å². The van der Waals surface area contributed by atoms with E-state index in [2.05, 4.69) is 9.71 Å². The molecule has 8 heteroatoms. The number of sulfonamides is 1. The Labute approximate surface area is 127 Å². The molecular weight excluding hydrogens is 313 g/mol. The van der Waals surface area contributed by atoms with Crippen LogP contribution in [0.15, 0.2) is 23.6 Å². The molecule has 0 saturated heterocycles. The molecule has 0 bridgehead atoms. The molecule has 0 atom stereocenters. The van der Waals surface area contributed by atoms with Crippen molar-refractivity contribution in [3.05, 3.63) is 29.4 Å². The maximum absolute atomic E-state index is 13.8. The molecule has 0 aliphatic rings. The molecule has 0 aliphatic heterocycles. The fourth-order valence-corrected chi connectivity index (χ4v) is 3.11. The van der Waals surface area contributed by atoms with Crippen molar-refractivity contribution in [2.24, 2.45) is 0 Å². The second-order valence-corrected chi connectivity index (χ2v) is 8.79. The van der Waals surface area contributed by atoms with E-state index in [-0.39, 0.29) is 10.7 Å². The molecule has 1 heterocycles. The number of nitrogens with zero attached hydrogens (tertiary/aromatic N) is 1. The van der Waals surface area contributed by atoms with Gasteiger partial charge in [-0.05, 0) is 39.0 Å². The Hall–Kier alpha value is -1.67. The van der Waals surface area contributed by atoms with E-state index in [0.717, 1.165) is 11.3 Å². The molecule has 114 valence electrons. The molecule has 5 nitrogen and oxygen atoms in total. The third kappa shape index (κ3) is 3.33. The first-order chi connectivity index (χ1) is 9.60. The highest BCUT2D eigenvalue weighted by atomic mass is 32.2. The van der Waals surface area contributed by atoms with Crippen LogP contribution in [0.1, 0.15) is 20.8 Å². The average molecular weight is 329 g/mol. The van der Waals surface area contributed by atoms with Gasteiger partial charge < -0.3 is 5.73 Å². The summed E-state index contributed by atoms with van der Waals surface area (Å²) in [7, 11) is -3.55. The first kappa shape index (κ1) is 15.7. The van der Waals surface area contributed by atoms with E-state index >= 15 is 0 Å². The van der Waals surface area contributed by atoms with E-state index < -0.39 is 20.6 Å². The largest absolute Gasteiger partial charge is 0.399 e. The number of aromatic nitrogens is 1. The van der Waals surface area contributed by atoms with Gasteiger partial charge in [0, 0.05) is 16.6 Å². The molecule has 2 aromatic rings. The maximum Gasteiger partial charge on any atom is 0.239 e. The molecule has 3 N–H and O–H groups in total. The number of hydrogen-bond donors (Lipinski definition) is 2. The molecule has 0 radical (unpaired) electrons. The maximum atomic E-state index is 13.8. The van der Waals surface area contributed by atoms with Gasteiger partial charge in [0.2, 0.25) is 10.0 Å². The summed E-state index contributed by atoms with van der Waals surface area (Å²) in [6.07, 6.45) is 0. The number of nitrogen functional groups attached to an aromatic ring is 1. The van der Waals surface area contributed by atoms with E-state index in [1.807, 2.05) is 0 Å². The van der Waals surface area contributed by atoms with Crippen molar-refractivity contribution >= 4 is 32.2 Å². The van der Waals surface area contributed by atoms with Gasteiger partial charge in [0.05, 0.1) is 10.4 Å². The zero-order valence-corrected chi connectivity index (χ0v) is 13.5. The Bertz CT molecular complexity index is 764. The third-order valence-electron chi connectivity index (χ3n) is 2.80. The lowest BCUT2D eigenvalue weighted by Gasteiger charge is -2.18. The molecule has 0 aliphatic carbocycles. The molecule has 1 aromatic heterocycles. The van der Waals surface area contributed by atoms with Crippen molar-refractivity contribution in [3.8, 4) is 11.3 Å². The zero-order valence-electron chi connectivity index (χ0n) is 11.8. The van der Waals surface area contributed by atoms with E-state index in [1.54, 1.807) is 32.2 Å². The van der Waals surface area contributed by atoms with Crippen molar-refractivity contribution in [3.63, 3.8) is 0 Å². The predicted molar refractivity (Wildman–Crippen MR) is 84.2 cm³/mol. The minimum atomic E-state index is -3.55. The number of nitrogens with one attached hydrogen (secondary N) is 1. The lowest BCUT2D eigenvalue weighted by Crippen LogP contribution is -2.33. The van der Waals surface area contributed by atoms with Crippen LogP contribution in [-0.4, -0.2) is 18.1 Å². The number of thiazole rings is 1. The number of halogens is 1. The van der Waals surface area contributed by atoms with Crippen molar-refractivity contribution in [2.45, 2.75) is 25.5 Å². The normalized spacial score (nSPS) is 12.4. The quantitative estimate of drug-likeness (QED) is 0.848. The first-order valence-electron chi connectivity index (χ1n) is 6.13. The molecule has 0 spiro atoms. The minimum Gasteiger partial charge on any atom is -0.399 e. The Morgan fingerprint density at radius 1 is 1.33 bits per heavy atom. The minimum absolute atomic E-state index is 0.205. The highest BCUT2D eigenvalue weighted by molar-refractivity contribution is 7.94. The van der Waals surface area contributed by atoms with E-state index in [4.69, 9.17) is 5.73 Å². The number of benzene rings is 1. The van der Waals surface area contributed by atoms with Crippen LogP contribution in [0.25, 0.3) is 11.3 Å². The number of nitrogens with two attached hydrogens (primary N) is 1. The Morgan fingerprint density at radius 3 is 2.57 bits per heavy atom. The summed E-state index contributed by atoms with van der Waals surface area (Å²) in [5, 5.41) is 1.80. The van der Waals surface area contributed by atoms with Gasteiger partial charge >= 0.3 is 0 Å². The van der Waals surface area contributed by atoms with Crippen LogP contribution >= 0.6 is 11.3 Å². The van der Waals surface area contributed by atoms with Crippen LogP contribution in [-0.2, 0) is 10.0 Å². The fraction of sp³-hybridized carbons (Fsp3) is 0.308. The van der Waals surface area contributed by atoms with Gasteiger partial charge in [0.25, 0.3) is 0 Å². The summed E-state index contributed by atoms with van der Waals surface area (Å²) in [6, 6.07) is 4.28. The van der Waals surface area contributed by atoms with E-state index in [9.17, 15) is 12.8 Å². The van der Waals surface area contributed by atoms with Crippen LogP contribution in [0.2, 0.25) is 0 Å². The van der Waals surface area contributed by atoms with Gasteiger partial charge in [-0.2, -0.15) is 0 Å². The van der Waals surface area contributed by atoms with Crippen LogP contribution in [0, 0.1) is 5.82 Å². The monoisotopic (exact) mass is 329 g/mol. The summed E-state index contributed by atoms with van der Waals surface area (Å²) in [5.74, 6) is -0.495. The summed E-state index contributed by atoms with van der Waals surface area (Å²) in [5.41, 5.74) is 6.46. The smallest absolute Gasteiger partial charge is 0.239 e. The summed E-state index contributed by atoms with van der Waals surface area (Å²) in [6.45, 7) is 4.76. The predicted octanol–water partition coefficient (Wildman–Crippen LogP) is 3.07. The van der Waals surface area contributed by atoms with Crippen LogP contribution < -0.4 is 10.5 Å². The summed E-state index contributed by atoms with van der Waals surface area (Å²) in [4.78, 5) is 4.12. The molecule has 0 saturated carbocycles. The third-order valence-corrected chi connectivity index (χ3v) is 5.76. The first-order valence-corrected chi connectivity index (χ1v) is 8.50. The van der Waals surface area contributed by atoms with Crippen LogP contribution in [0.3, 0.4) is 0 Å². The zero-order chi connectivity index (χ0) is 15.8. The summed E-state index contributed by atoms with van der Waals surface area (Å²) < 4.78 is 39.4. The Balaban J connectivity index is 2.31. The van der Waals surface area contributed by atoms with Gasteiger partial charge in [-0.3, -0.25) is 4.72 Å². The standard InChI is InChI=1S/C13H16FN3O2S2/c1-13(2,3)21(18,19)17-12-16-11(7-20-12)9-5-4-8(15)6-10(9)14/h4-7H,15H2,1-3H3,(H,16,17). The van der Waals surface area contributed by atoms with Crippen molar-refractivity contribution in [1.29, 1.82) is 0 Å². The molecule has 1 aromatic carbocycles. The topological polar surface area (TPSA) is 85.1 Å². The molecule has 0 amide bonds. The molecule has 2 rings (SSSR count). The lowest BCUT2D eigenvalue weighted by molar-refractivity contribution is 0.566. The lowest BCUT2D eigenvalue weighted by atomic mass is 10.1. The van der Waals surface area contributed by atoms with Crippen molar-refractivity contribution in [1.82, 2.24) is 4.98 Å². The molecule has 0 unspecified atom stereocenters. The van der Waals surface area contributed by atoms with Crippen LogP contribution in [0.4, 0.5) is 15.2 Å². The number of anilines is 2. The highest BCUT2D eigenvalue weighted by Gasteiger charge is 2.29. The Morgan fingerprint density at radius 2 is 2.00 bits per heavy atom. The van der Waals surface area contributed by atoms with Gasteiger partial charge in [-0.25, -0.2) is 17.8 Å².